The number of hydrogen-bond acceptors (Lipinski definition) is 5. The van der Waals surface area contributed by atoms with Crippen LogP contribution in [0.1, 0.15) is 31.9 Å². The van der Waals surface area contributed by atoms with Crippen LogP contribution in [0, 0.1) is 11.3 Å². The number of aromatic nitrogens is 1. The Balaban J connectivity index is 0.000000312. The molecule has 4 N–H and O–H groups in total. The number of rotatable bonds is 6. The maximum atomic E-state index is 12.9. The number of aliphatic hydroxyl groups is 3. The number of benzene rings is 1. The van der Waals surface area contributed by atoms with Crippen molar-refractivity contribution >= 4 is 22.4 Å². The summed E-state index contributed by atoms with van der Waals surface area (Å²) in [5.74, 6) is 0.210. The molecule has 176 valence electrons. The van der Waals surface area contributed by atoms with E-state index in [1.165, 1.54) is 27.6 Å². The molecule has 0 saturated carbocycles. The number of carbonyl (C=O) groups excluding carboxylic acids is 1. The quantitative estimate of drug-likeness (QED) is 0.546. The lowest BCUT2D eigenvalue weighted by Crippen LogP contribution is -2.47. The first-order valence-electron chi connectivity index (χ1n) is 11.4. The first-order valence-corrected chi connectivity index (χ1v) is 11.4. The Bertz CT molecular complexity index is 951. The van der Waals surface area contributed by atoms with E-state index in [4.69, 9.17) is 15.3 Å². The maximum absolute atomic E-state index is 12.9. The molecule has 32 heavy (non-hydrogen) atoms. The zero-order valence-electron chi connectivity index (χ0n) is 19.6. The third-order valence-electron chi connectivity index (χ3n) is 6.81. The van der Waals surface area contributed by atoms with E-state index in [1.54, 1.807) is 6.92 Å². The molecule has 0 spiro atoms. The van der Waals surface area contributed by atoms with E-state index in [1.807, 2.05) is 4.90 Å². The second-order valence-corrected chi connectivity index (χ2v) is 9.23. The third-order valence-corrected chi connectivity index (χ3v) is 6.81. The number of carbonyl (C=O) groups is 1. The SMILES string of the molecule is CC(CO)(CO)CO.CCN(CC)C(=O)[C@@H]1C=C2c3cccc4[nH]cc(c34)C[C@H]2N(C)C1. The summed E-state index contributed by atoms with van der Waals surface area (Å²) in [5.41, 5.74) is 4.50. The number of aromatic amines is 1. The molecule has 1 aliphatic carbocycles. The lowest BCUT2D eigenvalue weighted by molar-refractivity contribution is -0.134. The molecule has 2 heterocycles. The van der Waals surface area contributed by atoms with E-state index < -0.39 is 5.41 Å². The Morgan fingerprint density at radius 2 is 1.84 bits per heavy atom. The summed E-state index contributed by atoms with van der Waals surface area (Å²) in [6.07, 6.45) is 5.41. The third kappa shape index (κ3) is 4.62. The number of amides is 1. The first kappa shape index (κ1) is 24.5. The van der Waals surface area contributed by atoms with E-state index in [2.05, 4.69) is 61.3 Å². The summed E-state index contributed by atoms with van der Waals surface area (Å²) in [7, 11) is 2.15. The Morgan fingerprint density at radius 1 is 1.19 bits per heavy atom. The molecule has 0 saturated heterocycles. The number of nitrogens with one attached hydrogen (secondary N) is 1. The monoisotopic (exact) mass is 443 g/mol. The standard InChI is InChI=1S/C20H25N3O.C5H12O3/c1-4-23(5-2)20(24)14-9-16-15-7-6-8-17-19(15)13(11-21-17)10-18(16)22(3)12-14;1-5(2-6,3-7)4-8/h6-9,11,14,18,21H,4-5,10,12H2,1-3H3;6-8H,2-4H2,1H3/t14-,18-;/m1./s1. The van der Waals surface area contributed by atoms with E-state index in [9.17, 15) is 4.79 Å². The van der Waals surface area contributed by atoms with Gasteiger partial charge < -0.3 is 25.2 Å². The second-order valence-electron chi connectivity index (χ2n) is 9.23. The highest BCUT2D eigenvalue weighted by Crippen LogP contribution is 2.40. The van der Waals surface area contributed by atoms with Crippen LogP contribution in [0.3, 0.4) is 0 Å². The van der Waals surface area contributed by atoms with Crippen LogP contribution in [0.2, 0.25) is 0 Å². The molecule has 0 fully saturated rings. The lowest BCUT2D eigenvalue weighted by Gasteiger charge is -2.40. The van der Waals surface area contributed by atoms with Crippen LogP contribution in [-0.4, -0.2) is 88.6 Å². The van der Waals surface area contributed by atoms with E-state index in [0.29, 0.717) is 6.04 Å². The molecule has 1 amide bonds. The molecule has 2 aliphatic rings. The highest BCUT2D eigenvalue weighted by Gasteiger charge is 2.36. The van der Waals surface area contributed by atoms with Gasteiger partial charge in [-0.15, -0.1) is 0 Å². The van der Waals surface area contributed by atoms with Crippen molar-refractivity contribution in [1.29, 1.82) is 0 Å². The highest BCUT2D eigenvalue weighted by molar-refractivity contribution is 5.99. The van der Waals surface area contributed by atoms with Crippen molar-refractivity contribution in [2.75, 3.05) is 46.5 Å². The number of fused-ring (bicyclic) bond motifs is 2. The molecule has 0 bridgehead atoms. The average Bonchev–Trinajstić information content (AvgIpc) is 3.24. The fourth-order valence-corrected chi connectivity index (χ4v) is 4.53. The van der Waals surface area contributed by atoms with Crippen molar-refractivity contribution in [3.05, 3.63) is 41.6 Å². The molecule has 2 aromatic rings. The van der Waals surface area contributed by atoms with E-state index >= 15 is 0 Å². The zero-order valence-corrected chi connectivity index (χ0v) is 19.6. The topological polar surface area (TPSA) is 100 Å². The molecular formula is C25H37N3O4. The van der Waals surface area contributed by atoms with Crippen LogP contribution < -0.4 is 0 Å². The van der Waals surface area contributed by atoms with Crippen LogP contribution >= 0.6 is 0 Å². The Labute approximate surface area is 190 Å². The van der Waals surface area contributed by atoms with Gasteiger partial charge in [0.15, 0.2) is 0 Å². The smallest absolute Gasteiger partial charge is 0.230 e. The summed E-state index contributed by atoms with van der Waals surface area (Å²) in [5, 5.41) is 26.7. The summed E-state index contributed by atoms with van der Waals surface area (Å²) < 4.78 is 0. The normalized spacial score (nSPS) is 20.3. The lowest BCUT2D eigenvalue weighted by atomic mass is 9.79. The van der Waals surface area contributed by atoms with Crippen LogP contribution in [0.25, 0.3) is 16.5 Å². The highest BCUT2D eigenvalue weighted by atomic mass is 16.3. The summed E-state index contributed by atoms with van der Waals surface area (Å²) >= 11 is 0. The van der Waals surface area contributed by atoms with Gasteiger partial charge in [-0.3, -0.25) is 9.69 Å². The average molecular weight is 444 g/mol. The Kier molecular flexibility index (Phi) is 7.77. The van der Waals surface area contributed by atoms with Crippen LogP contribution in [0.15, 0.2) is 30.5 Å². The van der Waals surface area contributed by atoms with Gasteiger partial charge in [0.2, 0.25) is 5.91 Å². The number of H-pyrrole nitrogens is 1. The zero-order chi connectivity index (χ0) is 23.5. The van der Waals surface area contributed by atoms with Crippen molar-refractivity contribution in [2.45, 2.75) is 33.2 Å². The van der Waals surface area contributed by atoms with Gasteiger partial charge in [-0.1, -0.05) is 25.1 Å². The number of hydrogen-bond donors (Lipinski definition) is 4. The van der Waals surface area contributed by atoms with Crippen molar-refractivity contribution in [3.8, 4) is 0 Å². The van der Waals surface area contributed by atoms with Gasteiger partial charge in [-0.25, -0.2) is 0 Å². The molecule has 7 heteroatoms. The van der Waals surface area contributed by atoms with Crippen molar-refractivity contribution in [3.63, 3.8) is 0 Å². The molecule has 1 aromatic carbocycles. The van der Waals surface area contributed by atoms with E-state index in [-0.39, 0.29) is 31.6 Å². The predicted molar refractivity (Wildman–Crippen MR) is 127 cm³/mol. The van der Waals surface area contributed by atoms with Gasteiger partial charge in [0.25, 0.3) is 0 Å². The molecule has 4 rings (SSSR count). The van der Waals surface area contributed by atoms with Crippen LogP contribution in [-0.2, 0) is 11.2 Å². The van der Waals surface area contributed by atoms with Crippen molar-refractivity contribution in [2.24, 2.45) is 11.3 Å². The van der Waals surface area contributed by atoms with Crippen molar-refractivity contribution < 1.29 is 20.1 Å². The minimum absolute atomic E-state index is 0.0445. The largest absolute Gasteiger partial charge is 0.396 e. The minimum Gasteiger partial charge on any atom is -0.396 e. The molecule has 0 unspecified atom stereocenters. The summed E-state index contributed by atoms with van der Waals surface area (Å²) in [6, 6.07) is 6.82. The fraction of sp³-hybridized carbons (Fsp3) is 0.560. The molecule has 0 radical (unpaired) electrons. The number of aliphatic hydroxyl groups excluding tert-OH is 3. The number of likely N-dealkylation sites (N-methyl/N-ethyl adjacent to an activating group) is 1. The molecule has 2 atom stereocenters. The fourth-order valence-electron chi connectivity index (χ4n) is 4.53. The first-order chi connectivity index (χ1) is 15.3. The molecule has 1 aromatic heterocycles. The maximum Gasteiger partial charge on any atom is 0.230 e. The molecule has 7 nitrogen and oxygen atoms in total. The number of nitrogens with zero attached hydrogens (tertiary/aromatic N) is 2. The van der Waals surface area contributed by atoms with Gasteiger partial charge in [0.1, 0.15) is 0 Å². The molecular weight excluding hydrogens is 406 g/mol. The Morgan fingerprint density at radius 3 is 2.41 bits per heavy atom. The van der Waals surface area contributed by atoms with E-state index in [0.717, 1.165) is 26.1 Å². The van der Waals surface area contributed by atoms with Gasteiger partial charge >= 0.3 is 0 Å². The summed E-state index contributed by atoms with van der Waals surface area (Å²) in [6.45, 7) is 7.53. The molecule has 1 aliphatic heterocycles. The predicted octanol–water partition coefficient (Wildman–Crippen LogP) is 1.88. The van der Waals surface area contributed by atoms with Gasteiger partial charge in [0, 0.05) is 48.2 Å². The second kappa shape index (κ2) is 10.2. The van der Waals surface area contributed by atoms with Crippen molar-refractivity contribution in [1.82, 2.24) is 14.8 Å². The summed E-state index contributed by atoms with van der Waals surface area (Å²) in [4.78, 5) is 20.6. The van der Waals surface area contributed by atoms with Gasteiger partial charge in [0.05, 0.1) is 25.7 Å². The van der Waals surface area contributed by atoms with Gasteiger partial charge in [-0.2, -0.15) is 0 Å². The minimum atomic E-state index is -0.708. The van der Waals surface area contributed by atoms with Crippen LogP contribution in [0.4, 0.5) is 0 Å². The Hall–Kier alpha value is -2.19. The van der Waals surface area contributed by atoms with Crippen LogP contribution in [0.5, 0.6) is 0 Å². The van der Waals surface area contributed by atoms with Gasteiger partial charge in [-0.05, 0) is 50.1 Å².